The topological polar surface area (TPSA) is 373 Å². The maximum Gasteiger partial charge on any atom is 0.387 e. The van der Waals surface area contributed by atoms with Crippen LogP contribution in [0.5, 0.6) is 0 Å². The zero-order valence-corrected chi connectivity index (χ0v) is 76.5. The van der Waals surface area contributed by atoms with Crippen LogP contribution >= 0.6 is 92.8 Å². The van der Waals surface area contributed by atoms with Crippen molar-refractivity contribution in [1.29, 1.82) is 0 Å². The first-order chi connectivity index (χ1) is 55.6. The van der Waals surface area contributed by atoms with E-state index in [4.69, 9.17) is 92.8 Å². The largest absolute Gasteiger partial charge is 0.387 e. The highest BCUT2D eigenvalue weighted by Crippen LogP contribution is 2.42. The van der Waals surface area contributed by atoms with Crippen LogP contribution in [0.25, 0.3) is 11.4 Å². The number of carbonyl (C=O) groups is 5. The molecular weight excluding hydrogens is 1740 g/mol. The quantitative estimate of drug-likeness (QED) is 0.0428. The number of benzene rings is 1. The molecule has 4 atom stereocenters. The second-order valence-electron chi connectivity index (χ2n) is 27.5. The van der Waals surface area contributed by atoms with Crippen LogP contribution in [0.2, 0.25) is 25.5 Å². The van der Waals surface area contributed by atoms with Gasteiger partial charge in [-0.3, -0.25) is 24.0 Å². The Kier molecular flexibility index (Phi) is 37.7. The number of quaternary nitrogens is 2. The maximum absolute atomic E-state index is 13.4. The van der Waals surface area contributed by atoms with Gasteiger partial charge in [0, 0.05) is 145 Å². The van der Waals surface area contributed by atoms with E-state index in [-0.39, 0.29) is 87.9 Å². The lowest BCUT2D eigenvalue weighted by molar-refractivity contribution is -0.733. The average molecular weight is 1830 g/mol. The van der Waals surface area contributed by atoms with Gasteiger partial charge >= 0.3 is 11.8 Å². The van der Waals surface area contributed by atoms with Gasteiger partial charge in [-0.25, -0.2) is 47.7 Å². The van der Waals surface area contributed by atoms with Crippen molar-refractivity contribution >= 4 is 164 Å². The summed E-state index contributed by atoms with van der Waals surface area (Å²) in [4.78, 5) is 146. The standard InChI is InChI=1S/C12H14N4.C10H12Cl2N3O2.C10H12ClFN3O2.C8H15N5.C7H7Cl2N3O.C7H12N4.C6H6Cl2N2O.C6H6ClFN2O.C6H7F2N3/c1-9-13-11(10-7-5-4-6-8-10)15-12(14-9)16(2)3;1-5-7(11)8(12)10(17)15(13-5)4-6(15)9(16)14(2)3;1-5-8(12)7(11)10(17)15(13-5)4-6(15)9(16)14(2)3;1-6-9-7(12(2)3)11-8(10-6)13(4)5;1-12(2)6(13)4-3-10-7(9)11-5(4)8;1-5-8-6(2)10-7(9-5)11(3)4;1-3-4(7)5(8)6(11)10(2)9-3;1-3-5(8)4(7)6(11)10(2)9-3;1-11(2)6-9-4(7)3-5(8)10-6/h4-8H,1-3H3;2*6H,4H2,1-3H3;1-5H3;3H,1-2H3;1-4H3;2*1-2H3;3H,1-2H3/q;2*+1;;;;;;. The van der Waals surface area contributed by atoms with E-state index in [1.165, 1.54) is 53.7 Å². The predicted molar refractivity (Wildman–Crippen MR) is 455 cm³/mol. The summed E-state index contributed by atoms with van der Waals surface area (Å²) >= 11 is 45.1. The molecule has 48 heteroatoms. The summed E-state index contributed by atoms with van der Waals surface area (Å²) in [5.41, 5.74) is 1.49. The molecule has 7 aromatic heterocycles. The van der Waals surface area contributed by atoms with Gasteiger partial charge in [-0.2, -0.15) is 63.8 Å². The van der Waals surface area contributed by atoms with Crippen LogP contribution in [0.15, 0.2) is 83.3 Å². The molecule has 1 aromatic carbocycles. The molecule has 5 amide bonds. The van der Waals surface area contributed by atoms with Crippen molar-refractivity contribution in [2.45, 2.75) is 67.5 Å². The Morgan fingerprint density at radius 1 is 0.433 bits per heavy atom. The monoisotopic (exact) mass is 1830 g/mol. The summed E-state index contributed by atoms with van der Waals surface area (Å²) in [6.45, 7) is 14.3. The van der Waals surface area contributed by atoms with Crippen LogP contribution in [0.1, 0.15) is 58.9 Å². The van der Waals surface area contributed by atoms with Crippen LogP contribution < -0.4 is 35.6 Å². The zero-order chi connectivity index (χ0) is 91.5. The molecule has 11 heterocycles. The van der Waals surface area contributed by atoms with E-state index >= 15 is 0 Å². The SMILES string of the molecule is CC1=N[N+]2(CC2C(=O)N(C)C)C(=O)C(Cl)=C1Cl.CC1=N[N+]2(CC2C(=O)N(C)C)C(=O)C(Cl)=C1F.CN(C)C(=O)c1cnc(Cl)nc1Cl.CN(C)c1nc(F)cc(F)n1.Cc1nc(-c2ccccc2)nc(N(C)C)n1.Cc1nc(C)nc(N(C)C)n1.Cc1nc(N(C)C)nc(N(C)C)n1.Cc1nn(C)c(=O)c(Cl)c1Cl.Cc1nn(C)c(=O)c(Cl)c1F. The molecule has 4 unspecified atom stereocenters. The Morgan fingerprint density at radius 2 is 0.817 bits per heavy atom. The molecule has 0 aliphatic carbocycles. The van der Waals surface area contributed by atoms with Crippen LogP contribution in [0.3, 0.4) is 0 Å². The Balaban J connectivity index is 0.000000285. The van der Waals surface area contributed by atoms with Crippen molar-refractivity contribution in [2.75, 3.05) is 150 Å². The second-order valence-corrected chi connectivity index (χ2v) is 30.4. The van der Waals surface area contributed by atoms with Crippen molar-refractivity contribution in [3.8, 4) is 11.4 Å². The molecule has 120 heavy (non-hydrogen) atoms. The Morgan fingerprint density at radius 3 is 1.24 bits per heavy atom. The number of nitrogens with zero attached hydrogens (tertiary/aromatic N) is 29. The van der Waals surface area contributed by atoms with Crippen LogP contribution in [-0.2, 0) is 33.3 Å². The number of aromatic nitrogens is 17. The maximum atomic E-state index is 13.4. The number of halogens is 12. The average Bonchev–Trinajstić information content (AvgIpc) is 1.55. The number of aryl methyl sites for hydroxylation is 8. The highest BCUT2D eigenvalue weighted by molar-refractivity contribution is 6.54. The fraction of sp³-hybridized carbons (Fsp3) is 0.417. The molecule has 4 aliphatic heterocycles. The van der Waals surface area contributed by atoms with Crippen molar-refractivity contribution in [1.82, 2.24) is 99.1 Å². The van der Waals surface area contributed by atoms with E-state index in [0.717, 1.165) is 50.0 Å². The second kappa shape index (κ2) is 44.3. The lowest BCUT2D eigenvalue weighted by Gasteiger charge is -2.17. The summed E-state index contributed by atoms with van der Waals surface area (Å²) in [6.07, 6.45) is 1.31. The number of hydrogen-bond acceptors (Lipinski definition) is 29. The van der Waals surface area contributed by atoms with Crippen molar-refractivity contribution in [2.24, 2.45) is 24.3 Å². The third-order valence-electron chi connectivity index (χ3n) is 15.8. The van der Waals surface area contributed by atoms with E-state index in [1.54, 1.807) is 70.2 Å². The van der Waals surface area contributed by atoms with Crippen molar-refractivity contribution in [3.05, 3.63) is 168 Å². The van der Waals surface area contributed by atoms with Gasteiger partial charge in [-0.15, -0.1) is 9.18 Å². The number of allylic oxidation sites excluding steroid dienone is 2. The van der Waals surface area contributed by atoms with Gasteiger partial charge < -0.3 is 39.2 Å². The fourth-order valence-corrected chi connectivity index (χ4v) is 11.2. The van der Waals surface area contributed by atoms with E-state index in [0.29, 0.717) is 41.9 Å². The molecule has 0 saturated carbocycles. The molecule has 648 valence electrons. The third-order valence-corrected chi connectivity index (χ3v) is 18.7. The minimum atomic E-state index is -0.860. The molecule has 8 aromatic rings. The molecule has 0 N–H and O–H groups in total. The van der Waals surface area contributed by atoms with Crippen molar-refractivity contribution in [3.63, 3.8) is 0 Å². The first-order valence-corrected chi connectivity index (χ1v) is 38.1. The lowest BCUT2D eigenvalue weighted by atomic mass is 10.2. The van der Waals surface area contributed by atoms with E-state index in [2.05, 4.69) is 85.2 Å². The van der Waals surface area contributed by atoms with Gasteiger partial charge in [-0.1, -0.05) is 122 Å². The number of carbonyl (C=O) groups excluding carboxylic acids is 5. The van der Waals surface area contributed by atoms with E-state index < -0.39 is 67.6 Å². The summed E-state index contributed by atoms with van der Waals surface area (Å²) in [5, 5.41) is 15.2. The molecule has 12 rings (SSSR count). The van der Waals surface area contributed by atoms with Gasteiger partial charge in [0.1, 0.15) is 49.9 Å². The van der Waals surface area contributed by atoms with Gasteiger partial charge in [0.25, 0.3) is 40.9 Å². The molecule has 0 radical (unpaired) electrons. The van der Waals surface area contributed by atoms with E-state index in [9.17, 15) is 51.1 Å². The molecule has 36 nitrogen and oxygen atoms in total. The van der Waals surface area contributed by atoms with Gasteiger partial charge in [0.15, 0.2) is 40.6 Å². The molecule has 2 saturated heterocycles. The highest BCUT2D eigenvalue weighted by atomic mass is 35.5. The Hall–Kier alpha value is -10.3. The fourth-order valence-electron chi connectivity index (χ4n) is 9.54. The number of likely N-dealkylation sites (N-methyl/N-ethyl adjacent to an activating group) is 2. The predicted octanol–water partition coefficient (Wildman–Crippen LogP) is 8.85. The molecular formula is C72H91Cl8F4N29O7+2. The zero-order valence-electron chi connectivity index (χ0n) is 70.5. The molecule has 4 aliphatic rings. The summed E-state index contributed by atoms with van der Waals surface area (Å²) < 4.78 is 52.3. The van der Waals surface area contributed by atoms with Crippen LogP contribution in [0.4, 0.5) is 47.3 Å². The number of rotatable bonds is 9. The first kappa shape index (κ1) is 102. The number of hydrogen-bond donors (Lipinski definition) is 0. The van der Waals surface area contributed by atoms with Gasteiger partial charge in [0.05, 0.1) is 27.0 Å². The molecule has 2 spiro atoms. The first-order valence-electron chi connectivity index (χ1n) is 35.0. The minimum absolute atomic E-state index is 0.0281. The normalized spacial score (nSPS) is 16.1. The Bertz CT molecular complexity index is 5080. The minimum Gasteiger partial charge on any atom is -0.347 e. The summed E-state index contributed by atoms with van der Waals surface area (Å²) in [7, 11) is 31.2. The number of anilines is 5. The van der Waals surface area contributed by atoms with E-state index in [1.807, 2.05) is 134 Å². The van der Waals surface area contributed by atoms with Gasteiger partial charge in [0.2, 0.25) is 46.9 Å². The third kappa shape index (κ3) is 27.6. The molecule has 0 bridgehead atoms. The summed E-state index contributed by atoms with van der Waals surface area (Å²) in [5.74, 6) is 1.65. The number of amides is 5. The molecule has 2 fully saturated rings. The lowest BCUT2D eigenvalue weighted by Crippen LogP contribution is -2.41. The smallest absolute Gasteiger partial charge is 0.347 e. The van der Waals surface area contributed by atoms with Gasteiger partial charge in [-0.05, 0) is 67.0 Å². The Labute approximate surface area is 729 Å². The van der Waals surface area contributed by atoms with Crippen molar-refractivity contribution < 1.29 is 50.7 Å². The summed E-state index contributed by atoms with van der Waals surface area (Å²) in [6, 6.07) is 9.51. The highest BCUT2D eigenvalue weighted by Gasteiger charge is 2.71. The van der Waals surface area contributed by atoms with Crippen LogP contribution in [-0.4, -0.2) is 287 Å². The van der Waals surface area contributed by atoms with Crippen LogP contribution in [0, 0.1) is 59.3 Å².